The van der Waals surface area contributed by atoms with E-state index in [1.807, 2.05) is 0 Å². The molecule has 0 spiro atoms. The summed E-state index contributed by atoms with van der Waals surface area (Å²) in [5, 5.41) is 6.82. The van der Waals surface area contributed by atoms with Gasteiger partial charge < -0.3 is 14.6 Å². The number of ether oxygens (including phenoxy) is 1. The minimum atomic E-state index is -2.84. The van der Waals surface area contributed by atoms with Gasteiger partial charge in [-0.05, 0) is 30.5 Å². The van der Waals surface area contributed by atoms with Crippen LogP contribution < -0.4 is 10.1 Å². The number of amides is 1. The van der Waals surface area contributed by atoms with Crippen LogP contribution in [0.25, 0.3) is 0 Å². The van der Waals surface area contributed by atoms with E-state index in [2.05, 4.69) is 20.2 Å². The van der Waals surface area contributed by atoms with E-state index >= 15 is 0 Å². The Morgan fingerprint density at radius 2 is 2.12 bits per heavy atom. The summed E-state index contributed by atoms with van der Waals surface area (Å²) in [5.41, 5.74) is 0.856. The highest BCUT2D eigenvalue weighted by Gasteiger charge is 2.21. The summed E-state index contributed by atoms with van der Waals surface area (Å²) in [7, 11) is 0. The van der Waals surface area contributed by atoms with E-state index in [9.17, 15) is 13.6 Å². The summed E-state index contributed by atoms with van der Waals surface area (Å²) in [5.74, 6) is 1.15. The van der Waals surface area contributed by atoms with Crippen molar-refractivity contribution >= 4 is 5.91 Å². The molecule has 1 atom stereocenters. The molecule has 2 heterocycles. The van der Waals surface area contributed by atoms with Crippen LogP contribution in [0.2, 0.25) is 0 Å². The molecule has 1 aliphatic rings. The third-order valence-electron chi connectivity index (χ3n) is 3.76. The Hall–Kier alpha value is -2.51. The van der Waals surface area contributed by atoms with Crippen molar-refractivity contribution in [3.63, 3.8) is 0 Å². The fraction of sp³-hybridized carbons (Fsp3) is 0.438. The van der Waals surface area contributed by atoms with Crippen molar-refractivity contribution in [2.45, 2.75) is 44.8 Å². The van der Waals surface area contributed by atoms with Gasteiger partial charge in [-0.15, -0.1) is 0 Å². The first-order chi connectivity index (χ1) is 11.6. The maximum absolute atomic E-state index is 12.1. The Morgan fingerprint density at radius 3 is 2.83 bits per heavy atom. The van der Waals surface area contributed by atoms with Gasteiger partial charge in [0.15, 0.2) is 5.82 Å². The normalized spacial score (nSPS) is 17.8. The second-order valence-electron chi connectivity index (χ2n) is 5.66. The van der Waals surface area contributed by atoms with E-state index in [1.54, 1.807) is 12.1 Å². The van der Waals surface area contributed by atoms with E-state index in [4.69, 9.17) is 4.52 Å². The summed E-state index contributed by atoms with van der Waals surface area (Å²) in [6.07, 6.45) is 3.27. The van der Waals surface area contributed by atoms with Crippen LogP contribution in [0.4, 0.5) is 8.78 Å². The first kappa shape index (κ1) is 16.4. The monoisotopic (exact) mass is 337 g/mol. The fourth-order valence-corrected chi connectivity index (χ4v) is 2.66. The van der Waals surface area contributed by atoms with Crippen LogP contribution in [0.5, 0.6) is 5.75 Å². The third kappa shape index (κ3) is 4.50. The predicted molar refractivity (Wildman–Crippen MR) is 79.7 cm³/mol. The summed E-state index contributed by atoms with van der Waals surface area (Å²) in [4.78, 5) is 15.7. The average Bonchev–Trinajstić information content (AvgIpc) is 2.96. The van der Waals surface area contributed by atoms with Crippen molar-refractivity contribution in [1.29, 1.82) is 0 Å². The fourth-order valence-electron chi connectivity index (χ4n) is 2.66. The number of carbonyl (C=O) groups excluding carboxylic acids is 1. The molecule has 0 bridgehead atoms. The minimum absolute atomic E-state index is 0.0327. The van der Waals surface area contributed by atoms with Gasteiger partial charge in [-0.1, -0.05) is 17.3 Å². The lowest BCUT2D eigenvalue weighted by molar-refractivity contribution is -0.123. The number of carbonyl (C=O) groups is 1. The van der Waals surface area contributed by atoms with Gasteiger partial charge in [0.2, 0.25) is 11.8 Å². The van der Waals surface area contributed by atoms with Gasteiger partial charge in [0.1, 0.15) is 5.75 Å². The van der Waals surface area contributed by atoms with Gasteiger partial charge >= 0.3 is 6.61 Å². The van der Waals surface area contributed by atoms with E-state index in [1.165, 1.54) is 12.1 Å². The maximum Gasteiger partial charge on any atom is 0.387 e. The van der Waals surface area contributed by atoms with Gasteiger partial charge in [-0.25, -0.2) is 0 Å². The van der Waals surface area contributed by atoms with Gasteiger partial charge in [-0.2, -0.15) is 13.8 Å². The molecule has 2 aromatic rings. The Labute approximate surface area is 137 Å². The largest absolute Gasteiger partial charge is 0.435 e. The Kier molecular flexibility index (Phi) is 5.02. The number of alkyl halides is 2. The van der Waals surface area contributed by atoms with Crippen LogP contribution >= 0.6 is 0 Å². The standard InChI is InChI=1S/C16H17F2N3O3/c17-16(18)23-12-6-4-10(5-7-12)8-13-20-15(24-21-13)9-11-2-1-3-14(22)19-11/h4-7,11,16H,1-3,8-9H2,(H,19,22). The topological polar surface area (TPSA) is 77.2 Å². The second-order valence-corrected chi connectivity index (χ2v) is 5.66. The number of piperidine rings is 1. The van der Waals surface area contributed by atoms with E-state index in [0.29, 0.717) is 31.0 Å². The molecule has 8 heteroatoms. The Balaban J connectivity index is 1.56. The minimum Gasteiger partial charge on any atom is -0.435 e. The van der Waals surface area contributed by atoms with Crippen molar-refractivity contribution in [1.82, 2.24) is 15.5 Å². The SMILES string of the molecule is O=C1CCCC(Cc2nc(Cc3ccc(OC(F)F)cc3)no2)N1. The number of nitrogens with zero attached hydrogens (tertiary/aromatic N) is 2. The zero-order chi connectivity index (χ0) is 16.9. The van der Waals surface area contributed by atoms with E-state index in [-0.39, 0.29) is 17.7 Å². The first-order valence-corrected chi connectivity index (χ1v) is 7.73. The van der Waals surface area contributed by atoms with Crippen molar-refractivity contribution in [2.75, 3.05) is 0 Å². The predicted octanol–water partition coefficient (Wildman–Crippen LogP) is 2.47. The number of hydrogen-bond donors (Lipinski definition) is 1. The summed E-state index contributed by atoms with van der Waals surface area (Å²) < 4.78 is 33.7. The number of rotatable bonds is 6. The molecular weight excluding hydrogens is 320 g/mol. The molecule has 0 saturated carbocycles. The number of aromatic nitrogens is 2. The maximum atomic E-state index is 12.1. The van der Waals surface area contributed by atoms with Crippen molar-refractivity contribution in [3.8, 4) is 5.75 Å². The molecule has 0 aliphatic carbocycles. The lowest BCUT2D eigenvalue weighted by Crippen LogP contribution is -2.40. The summed E-state index contributed by atoms with van der Waals surface area (Å²) >= 11 is 0. The highest BCUT2D eigenvalue weighted by atomic mass is 19.3. The van der Waals surface area contributed by atoms with Gasteiger partial charge in [0, 0.05) is 25.3 Å². The zero-order valence-electron chi connectivity index (χ0n) is 12.9. The van der Waals surface area contributed by atoms with Crippen molar-refractivity contribution in [2.24, 2.45) is 0 Å². The molecule has 6 nitrogen and oxygen atoms in total. The van der Waals surface area contributed by atoms with Crippen LogP contribution in [0.3, 0.4) is 0 Å². The lowest BCUT2D eigenvalue weighted by atomic mass is 10.0. The van der Waals surface area contributed by atoms with Crippen LogP contribution in [-0.2, 0) is 17.6 Å². The molecule has 1 saturated heterocycles. The van der Waals surface area contributed by atoms with Crippen LogP contribution in [-0.4, -0.2) is 28.7 Å². The molecule has 3 rings (SSSR count). The summed E-state index contributed by atoms with van der Waals surface area (Å²) in [6, 6.07) is 6.33. The Morgan fingerprint density at radius 1 is 1.33 bits per heavy atom. The summed E-state index contributed by atoms with van der Waals surface area (Å²) in [6.45, 7) is -2.84. The number of halogens is 2. The van der Waals surface area contributed by atoms with Crippen molar-refractivity contribution < 1.29 is 22.8 Å². The van der Waals surface area contributed by atoms with E-state index in [0.717, 1.165) is 18.4 Å². The second kappa shape index (κ2) is 7.37. The molecule has 1 amide bonds. The molecule has 1 fully saturated rings. The highest BCUT2D eigenvalue weighted by Crippen LogP contribution is 2.17. The van der Waals surface area contributed by atoms with Gasteiger partial charge in [-0.3, -0.25) is 4.79 Å². The Bertz CT molecular complexity index is 688. The smallest absolute Gasteiger partial charge is 0.387 e. The molecule has 1 aliphatic heterocycles. The van der Waals surface area contributed by atoms with Gasteiger partial charge in [0.05, 0.1) is 0 Å². The molecule has 1 N–H and O–H groups in total. The molecule has 128 valence electrons. The number of nitrogens with one attached hydrogen (secondary N) is 1. The molecular formula is C16H17F2N3O3. The molecule has 1 unspecified atom stereocenters. The number of hydrogen-bond acceptors (Lipinski definition) is 5. The van der Waals surface area contributed by atoms with Crippen molar-refractivity contribution in [3.05, 3.63) is 41.5 Å². The molecule has 0 radical (unpaired) electrons. The van der Waals surface area contributed by atoms with E-state index < -0.39 is 6.61 Å². The number of benzene rings is 1. The quantitative estimate of drug-likeness (QED) is 0.876. The first-order valence-electron chi connectivity index (χ1n) is 7.73. The third-order valence-corrected chi connectivity index (χ3v) is 3.76. The zero-order valence-corrected chi connectivity index (χ0v) is 12.9. The highest BCUT2D eigenvalue weighted by molar-refractivity contribution is 5.76. The van der Waals surface area contributed by atoms with Crippen LogP contribution in [0.15, 0.2) is 28.8 Å². The molecule has 1 aromatic carbocycles. The van der Waals surface area contributed by atoms with Crippen LogP contribution in [0.1, 0.15) is 36.5 Å². The van der Waals surface area contributed by atoms with Crippen LogP contribution in [0, 0.1) is 0 Å². The average molecular weight is 337 g/mol. The lowest BCUT2D eigenvalue weighted by Gasteiger charge is -2.21. The molecule has 24 heavy (non-hydrogen) atoms. The molecule has 1 aromatic heterocycles. The van der Waals surface area contributed by atoms with Gasteiger partial charge in [0.25, 0.3) is 0 Å².